The zero-order valence-electron chi connectivity index (χ0n) is 7.56. The van der Waals surface area contributed by atoms with Crippen LogP contribution in [0.2, 0.25) is 0 Å². The van der Waals surface area contributed by atoms with Crippen molar-refractivity contribution in [3.63, 3.8) is 0 Å². The summed E-state index contributed by atoms with van der Waals surface area (Å²) < 4.78 is 0. The van der Waals surface area contributed by atoms with Crippen LogP contribution in [0.4, 0.5) is 0 Å². The van der Waals surface area contributed by atoms with Gasteiger partial charge in [-0.3, -0.25) is 0 Å². The molecule has 0 aliphatic carbocycles. The first kappa shape index (κ1) is 9.96. The summed E-state index contributed by atoms with van der Waals surface area (Å²) in [6.45, 7) is 6.68. The molecule has 0 spiro atoms. The van der Waals surface area contributed by atoms with Crippen molar-refractivity contribution in [2.24, 2.45) is 11.7 Å². The van der Waals surface area contributed by atoms with Crippen molar-refractivity contribution in [3.05, 3.63) is 0 Å². The van der Waals surface area contributed by atoms with Crippen LogP contribution in [-0.2, 0) is 0 Å². The van der Waals surface area contributed by atoms with Crippen molar-refractivity contribution in [3.8, 4) is 0 Å². The Labute approximate surface area is 65.0 Å². The van der Waals surface area contributed by atoms with Crippen LogP contribution in [0.25, 0.3) is 0 Å². The lowest BCUT2D eigenvalue weighted by atomic mass is 10.0. The third kappa shape index (κ3) is 6.09. The van der Waals surface area contributed by atoms with E-state index in [9.17, 15) is 0 Å². The van der Waals surface area contributed by atoms with Gasteiger partial charge in [0.1, 0.15) is 0 Å². The van der Waals surface area contributed by atoms with E-state index in [1.807, 2.05) is 0 Å². The minimum atomic E-state index is 0.443. The summed E-state index contributed by atoms with van der Waals surface area (Å²) in [5.74, 6) is 0.837. The van der Waals surface area contributed by atoms with Crippen LogP contribution in [0.15, 0.2) is 0 Å². The standard InChI is InChI=1S/C9H21N/c1-4-9(10)7-5-6-8(2)3/h8-9H,4-7,10H2,1-3H3. The predicted molar refractivity (Wildman–Crippen MR) is 47.0 cm³/mol. The molecule has 1 atom stereocenters. The monoisotopic (exact) mass is 143 g/mol. The first-order valence-electron chi connectivity index (χ1n) is 4.42. The maximum atomic E-state index is 5.76. The Morgan fingerprint density at radius 2 is 1.80 bits per heavy atom. The van der Waals surface area contributed by atoms with Crippen molar-refractivity contribution in [2.75, 3.05) is 0 Å². The SMILES string of the molecule is CCC(N)CCCC(C)C. The maximum Gasteiger partial charge on any atom is 0.00362 e. The smallest absolute Gasteiger partial charge is 0.00362 e. The number of rotatable bonds is 5. The van der Waals surface area contributed by atoms with Crippen LogP contribution in [0.5, 0.6) is 0 Å². The van der Waals surface area contributed by atoms with Gasteiger partial charge in [0.15, 0.2) is 0 Å². The first-order valence-corrected chi connectivity index (χ1v) is 4.42. The highest BCUT2D eigenvalue weighted by Gasteiger charge is 1.99. The molecule has 1 unspecified atom stereocenters. The van der Waals surface area contributed by atoms with Crippen molar-refractivity contribution < 1.29 is 0 Å². The second-order valence-electron chi connectivity index (χ2n) is 3.49. The molecule has 0 heterocycles. The molecule has 0 bridgehead atoms. The molecule has 0 amide bonds. The summed E-state index contributed by atoms with van der Waals surface area (Å²) >= 11 is 0. The number of hydrogen-bond acceptors (Lipinski definition) is 1. The highest BCUT2D eigenvalue weighted by Crippen LogP contribution is 2.08. The summed E-state index contributed by atoms with van der Waals surface area (Å²) in [7, 11) is 0. The maximum absolute atomic E-state index is 5.76. The largest absolute Gasteiger partial charge is 0.328 e. The lowest BCUT2D eigenvalue weighted by molar-refractivity contribution is 0.491. The molecule has 2 N–H and O–H groups in total. The van der Waals surface area contributed by atoms with Crippen LogP contribution in [0, 0.1) is 5.92 Å². The highest BCUT2D eigenvalue weighted by molar-refractivity contribution is 4.58. The van der Waals surface area contributed by atoms with E-state index in [-0.39, 0.29) is 0 Å². The Bertz CT molecular complexity index is 69.1. The van der Waals surface area contributed by atoms with E-state index >= 15 is 0 Å². The van der Waals surface area contributed by atoms with E-state index in [1.54, 1.807) is 0 Å². The Balaban J connectivity index is 3.03. The van der Waals surface area contributed by atoms with E-state index in [4.69, 9.17) is 5.73 Å². The van der Waals surface area contributed by atoms with Gasteiger partial charge in [-0.1, -0.05) is 33.6 Å². The molecule has 0 aliphatic heterocycles. The average Bonchev–Trinajstić information content (AvgIpc) is 1.87. The normalized spacial score (nSPS) is 14.1. The summed E-state index contributed by atoms with van der Waals surface area (Å²) in [6.07, 6.45) is 4.95. The Morgan fingerprint density at radius 1 is 1.20 bits per heavy atom. The third-order valence-electron chi connectivity index (χ3n) is 1.88. The van der Waals surface area contributed by atoms with E-state index in [0.717, 1.165) is 12.3 Å². The molecule has 10 heavy (non-hydrogen) atoms. The summed E-state index contributed by atoms with van der Waals surface area (Å²) in [4.78, 5) is 0. The molecule has 0 aromatic rings. The molecule has 1 nitrogen and oxygen atoms in total. The minimum Gasteiger partial charge on any atom is -0.328 e. The molecule has 0 rings (SSSR count). The summed E-state index contributed by atoms with van der Waals surface area (Å²) in [6, 6.07) is 0.443. The molecule has 62 valence electrons. The fourth-order valence-corrected chi connectivity index (χ4v) is 0.992. The van der Waals surface area contributed by atoms with Crippen molar-refractivity contribution in [1.29, 1.82) is 0 Å². The lowest BCUT2D eigenvalue weighted by Gasteiger charge is -2.08. The zero-order chi connectivity index (χ0) is 7.98. The molecule has 0 radical (unpaired) electrons. The fraction of sp³-hybridized carbons (Fsp3) is 1.00. The Hall–Kier alpha value is -0.0400. The second kappa shape index (κ2) is 5.72. The first-order chi connectivity index (χ1) is 4.66. The van der Waals surface area contributed by atoms with Gasteiger partial charge in [0.2, 0.25) is 0 Å². The Kier molecular flexibility index (Phi) is 5.70. The van der Waals surface area contributed by atoms with Crippen LogP contribution in [0.1, 0.15) is 46.5 Å². The number of nitrogens with two attached hydrogens (primary N) is 1. The molecule has 0 aliphatic rings. The lowest BCUT2D eigenvalue weighted by Crippen LogP contribution is -2.18. The predicted octanol–water partition coefficient (Wildman–Crippen LogP) is 2.55. The molecule has 0 saturated heterocycles. The zero-order valence-corrected chi connectivity index (χ0v) is 7.56. The van der Waals surface area contributed by atoms with Gasteiger partial charge in [-0.25, -0.2) is 0 Å². The molecular weight excluding hydrogens is 122 g/mol. The van der Waals surface area contributed by atoms with Gasteiger partial charge in [-0.05, 0) is 18.8 Å². The summed E-state index contributed by atoms with van der Waals surface area (Å²) in [5, 5.41) is 0. The molecule has 0 aromatic carbocycles. The van der Waals surface area contributed by atoms with Crippen LogP contribution < -0.4 is 5.73 Å². The molecular formula is C9H21N. The Morgan fingerprint density at radius 3 is 2.20 bits per heavy atom. The van der Waals surface area contributed by atoms with Crippen molar-refractivity contribution in [2.45, 2.75) is 52.5 Å². The van der Waals surface area contributed by atoms with Gasteiger partial charge >= 0.3 is 0 Å². The van der Waals surface area contributed by atoms with E-state index in [0.29, 0.717) is 6.04 Å². The van der Waals surface area contributed by atoms with E-state index in [1.165, 1.54) is 19.3 Å². The van der Waals surface area contributed by atoms with Gasteiger partial charge < -0.3 is 5.73 Å². The molecule has 0 fully saturated rings. The quantitative estimate of drug-likeness (QED) is 0.629. The van der Waals surface area contributed by atoms with Crippen LogP contribution in [0.3, 0.4) is 0 Å². The van der Waals surface area contributed by atoms with Gasteiger partial charge in [-0.15, -0.1) is 0 Å². The van der Waals surface area contributed by atoms with Crippen molar-refractivity contribution in [1.82, 2.24) is 0 Å². The van der Waals surface area contributed by atoms with Gasteiger partial charge in [0.05, 0.1) is 0 Å². The van der Waals surface area contributed by atoms with Gasteiger partial charge in [-0.2, -0.15) is 0 Å². The fourth-order valence-electron chi connectivity index (χ4n) is 0.992. The molecule has 1 heteroatoms. The van der Waals surface area contributed by atoms with E-state index < -0.39 is 0 Å². The summed E-state index contributed by atoms with van der Waals surface area (Å²) in [5.41, 5.74) is 5.76. The third-order valence-corrected chi connectivity index (χ3v) is 1.88. The number of hydrogen-bond donors (Lipinski definition) is 1. The van der Waals surface area contributed by atoms with Crippen LogP contribution in [-0.4, -0.2) is 6.04 Å². The van der Waals surface area contributed by atoms with Gasteiger partial charge in [0.25, 0.3) is 0 Å². The van der Waals surface area contributed by atoms with Gasteiger partial charge in [0, 0.05) is 6.04 Å². The highest BCUT2D eigenvalue weighted by atomic mass is 14.6. The molecule has 0 aromatic heterocycles. The van der Waals surface area contributed by atoms with Crippen LogP contribution >= 0.6 is 0 Å². The molecule has 0 saturated carbocycles. The second-order valence-corrected chi connectivity index (χ2v) is 3.49. The topological polar surface area (TPSA) is 26.0 Å². The average molecular weight is 143 g/mol. The van der Waals surface area contributed by atoms with Crippen molar-refractivity contribution >= 4 is 0 Å². The van der Waals surface area contributed by atoms with E-state index in [2.05, 4.69) is 20.8 Å². The minimum absolute atomic E-state index is 0.443.